The molecule has 2 aromatic rings. The number of carbonyl (C=O) groups is 1. The highest BCUT2D eigenvalue weighted by molar-refractivity contribution is 8.00. The number of benzene rings is 1. The first-order chi connectivity index (χ1) is 9.38. The molecule has 1 atom stereocenters. The fraction of sp³-hybridized carbons (Fsp3) is 0.357. The predicted molar refractivity (Wildman–Crippen MR) is 81.2 cm³/mol. The lowest BCUT2D eigenvalue weighted by Crippen LogP contribution is -2.35. The van der Waals surface area contributed by atoms with Crippen molar-refractivity contribution in [3.8, 4) is 0 Å². The maximum absolute atomic E-state index is 12.5. The molecule has 20 heavy (non-hydrogen) atoms. The number of thioether (sulfide) groups is 1. The number of nitrogens with zero attached hydrogens (tertiary/aromatic N) is 3. The summed E-state index contributed by atoms with van der Waals surface area (Å²) >= 11 is 7.40. The van der Waals surface area contributed by atoms with Crippen LogP contribution in [0.2, 0.25) is 5.02 Å². The van der Waals surface area contributed by atoms with Gasteiger partial charge in [-0.2, -0.15) is 9.78 Å². The Morgan fingerprint density at radius 1 is 1.30 bits per heavy atom. The first-order valence-electron chi connectivity index (χ1n) is 6.19. The number of halogens is 1. The number of carbonyl (C=O) groups excluding carboxylic acids is 1. The SMILES string of the molecule is CC(C)(C)C(Sc1ccc(Cl)cc1)C(=O)n1cncn1. The van der Waals surface area contributed by atoms with Gasteiger partial charge >= 0.3 is 0 Å². The molecule has 106 valence electrons. The molecule has 0 saturated heterocycles. The number of rotatable bonds is 3. The molecule has 0 aliphatic rings. The zero-order chi connectivity index (χ0) is 14.8. The molecule has 0 aliphatic carbocycles. The van der Waals surface area contributed by atoms with E-state index in [0.717, 1.165) is 4.90 Å². The van der Waals surface area contributed by atoms with Gasteiger partial charge in [0.05, 0.1) is 5.25 Å². The molecule has 0 saturated carbocycles. The topological polar surface area (TPSA) is 47.8 Å². The molecule has 0 spiro atoms. The molecule has 0 fully saturated rings. The lowest BCUT2D eigenvalue weighted by atomic mass is 9.91. The van der Waals surface area contributed by atoms with Crippen molar-refractivity contribution in [1.82, 2.24) is 14.8 Å². The molecule has 1 unspecified atom stereocenters. The van der Waals surface area contributed by atoms with Gasteiger partial charge in [0.25, 0.3) is 5.91 Å². The second-order valence-corrected chi connectivity index (χ2v) is 7.11. The molecule has 4 nitrogen and oxygen atoms in total. The summed E-state index contributed by atoms with van der Waals surface area (Å²) in [6.45, 7) is 6.11. The Morgan fingerprint density at radius 3 is 2.45 bits per heavy atom. The Morgan fingerprint density at radius 2 is 1.95 bits per heavy atom. The highest BCUT2D eigenvalue weighted by atomic mass is 35.5. The summed E-state index contributed by atoms with van der Waals surface area (Å²) in [6, 6.07) is 7.48. The fourth-order valence-corrected chi connectivity index (χ4v) is 2.94. The quantitative estimate of drug-likeness (QED) is 0.810. The average Bonchev–Trinajstić information content (AvgIpc) is 2.89. The van der Waals surface area contributed by atoms with Crippen LogP contribution in [-0.2, 0) is 0 Å². The van der Waals surface area contributed by atoms with Gasteiger partial charge in [-0.3, -0.25) is 4.79 Å². The van der Waals surface area contributed by atoms with Gasteiger partial charge < -0.3 is 0 Å². The van der Waals surface area contributed by atoms with E-state index in [1.165, 1.54) is 29.1 Å². The lowest BCUT2D eigenvalue weighted by Gasteiger charge is -2.28. The van der Waals surface area contributed by atoms with Crippen LogP contribution in [0.3, 0.4) is 0 Å². The van der Waals surface area contributed by atoms with E-state index in [9.17, 15) is 4.79 Å². The Bertz CT molecular complexity index is 575. The van der Waals surface area contributed by atoms with E-state index >= 15 is 0 Å². The van der Waals surface area contributed by atoms with Crippen LogP contribution in [0.1, 0.15) is 25.6 Å². The van der Waals surface area contributed by atoms with Crippen LogP contribution in [0.15, 0.2) is 41.8 Å². The molecule has 0 N–H and O–H groups in total. The number of aromatic nitrogens is 3. The molecule has 1 aromatic carbocycles. The Kier molecular flexibility index (Phi) is 4.50. The van der Waals surface area contributed by atoms with Crippen molar-refractivity contribution in [2.24, 2.45) is 5.41 Å². The standard InChI is InChI=1S/C14H16ClN3OS/c1-14(2,3)12(13(19)18-9-16-8-17-18)20-11-6-4-10(15)5-7-11/h4-9,12H,1-3H3. The summed E-state index contributed by atoms with van der Waals surface area (Å²) in [5.41, 5.74) is -0.201. The van der Waals surface area contributed by atoms with E-state index in [4.69, 9.17) is 11.6 Å². The third-order valence-corrected chi connectivity index (χ3v) is 4.66. The largest absolute Gasteiger partial charge is 0.271 e. The van der Waals surface area contributed by atoms with Crippen molar-refractivity contribution in [3.05, 3.63) is 41.9 Å². The summed E-state index contributed by atoms with van der Waals surface area (Å²) in [6.07, 6.45) is 2.80. The highest BCUT2D eigenvalue weighted by Gasteiger charge is 2.33. The van der Waals surface area contributed by atoms with Crippen molar-refractivity contribution in [3.63, 3.8) is 0 Å². The summed E-state index contributed by atoms with van der Waals surface area (Å²) in [4.78, 5) is 17.4. The van der Waals surface area contributed by atoms with Crippen molar-refractivity contribution in [1.29, 1.82) is 0 Å². The van der Waals surface area contributed by atoms with Gasteiger partial charge in [-0.15, -0.1) is 11.8 Å². The second-order valence-electron chi connectivity index (χ2n) is 5.50. The first kappa shape index (κ1) is 15.1. The predicted octanol–water partition coefficient (Wildman–Crippen LogP) is 3.78. The van der Waals surface area contributed by atoms with E-state index in [1.807, 2.05) is 45.0 Å². The summed E-state index contributed by atoms with van der Waals surface area (Å²) in [7, 11) is 0. The van der Waals surface area contributed by atoms with Crippen LogP contribution in [-0.4, -0.2) is 25.9 Å². The van der Waals surface area contributed by atoms with Gasteiger partial charge in [-0.1, -0.05) is 32.4 Å². The van der Waals surface area contributed by atoms with Crippen LogP contribution >= 0.6 is 23.4 Å². The molecule has 1 aromatic heterocycles. The van der Waals surface area contributed by atoms with E-state index in [2.05, 4.69) is 10.1 Å². The Balaban J connectivity index is 2.25. The normalized spacial score (nSPS) is 13.2. The van der Waals surface area contributed by atoms with Crippen molar-refractivity contribution >= 4 is 29.3 Å². The minimum absolute atomic E-state index is 0.0741. The van der Waals surface area contributed by atoms with Crippen molar-refractivity contribution < 1.29 is 4.79 Å². The molecule has 6 heteroatoms. The molecule has 0 bridgehead atoms. The minimum atomic E-state index is -0.259. The molecular weight excluding hydrogens is 294 g/mol. The average molecular weight is 310 g/mol. The molecule has 0 aliphatic heterocycles. The monoisotopic (exact) mass is 309 g/mol. The number of hydrogen-bond acceptors (Lipinski definition) is 4. The van der Waals surface area contributed by atoms with Crippen molar-refractivity contribution in [2.75, 3.05) is 0 Å². The summed E-state index contributed by atoms with van der Waals surface area (Å²) in [5.74, 6) is -0.0741. The van der Waals surface area contributed by atoms with Crippen LogP contribution in [0, 0.1) is 5.41 Å². The molecular formula is C14H16ClN3OS. The van der Waals surface area contributed by atoms with E-state index in [1.54, 1.807) is 0 Å². The second kappa shape index (κ2) is 5.97. The Hall–Kier alpha value is -1.33. The molecule has 0 amide bonds. The van der Waals surface area contributed by atoms with E-state index in [0.29, 0.717) is 5.02 Å². The highest BCUT2D eigenvalue weighted by Crippen LogP contribution is 2.36. The van der Waals surface area contributed by atoms with Crippen molar-refractivity contribution in [2.45, 2.75) is 30.9 Å². The number of hydrogen-bond donors (Lipinski definition) is 0. The van der Waals surface area contributed by atoms with Gasteiger partial charge in [0.2, 0.25) is 0 Å². The molecule has 1 heterocycles. The third kappa shape index (κ3) is 3.61. The maximum atomic E-state index is 12.5. The lowest BCUT2D eigenvalue weighted by molar-refractivity contribution is 0.0851. The smallest absolute Gasteiger partial charge is 0.262 e. The molecule has 0 radical (unpaired) electrons. The van der Waals surface area contributed by atoms with Gasteiger partial charge in [0.1, 0.15) is 12.7 Å². The van der Waals surface area contributed by atoms with Crippen LogP contribution in [0.25, 0.3) is 0 Å². The third-order valence-electron chi connectivity index (χ3n) is 2.72. The summed E-state index contributed by atoms with van der Waals surface area (Å²) < 4.78 is 1.29. The maximum Gasteiger partial charge on any atom is 0.262 e. The van der Waals surface area contributed by atoms with Crippen LogP contribution < -0.4 is 0 Å². The van der Waals surface area contributed by atoms with Gasteiger partial charge in [0, 0.05) is 9.92 Å². The fourth-order valence-electron chi connectivity index (χ4n) is 1.69. The van der Waals surface area contributed by atoms with Crippen LogP contribution in [0.4, 0.5) is 0 Å². The van der Waals surface area contributed by atoms with Gasteiger partial charge in [-0.25, -0.2) is 4.98 Å². The summed E-state index contributed by atoms with van der Waals surface area (Å²) in [5, 5.41) is 4.35. The first-order valence-corrected chi connectivity index (χ1v) is 7.45. The zero-order valence-electron chi connectivity index (χ0n) is 11.6. The Labute approximate surface area is 127 Å². The zero-order valence-corrected chi connectivity index (χ0v) is 13.1. The molecule has 2 rings (SSSR count). The minimum Gasteiger partial charge on any atom is -0.271 e. The van der Waals surface area contributed by atoms with Gasteiger partial charge in [-0.05, 0) is 29.7 Å². The van der Waals surface area contributed by atoms with Crippen LogP contribution in [0.5, 0.6) is 0 Å². The van der Waals surface area contributed by atoms with Gasteiger partial charge in [0.15, 0.2) is 0 Å². The van der Waals surface area contributed by atoms with E-state index < -0.39 is 0 Å². The van der Waals surface area contributed by atoms with E-state index in [-0.39, 0.29) is 16.6 Å².